The Morgan fingerprint density at radius 1 is 1.09 bits per heavy atom. The van der Waals surface area contributed by atoms with Gasteiger partial charge < -0.3 is 19.5 Å². The van der Waals surface area contributed by atoms with Crippen molar-refractivity contribution >= 4 is 40.1 Å². The van der Waals surface area contributed by atoms with Gasteiger partial charge in [0.05, 0.1) is 33.1 Å². The van der Waals surface area contributed by atoms with E-state index in [0.29, 0.717) is 35.5 Å². The quantitative estimate of drug-likeness (QED) is 0.596. The highest BCUT2D eigenvalue weighted by molar-refractivity contribution is 8.15. The van der Waals surface area contributed by atoms with Crippen LogP contribution in [0, 0.1) is 13.8 Å². The SMILES string of the molecule is COCCN1C(=O)C(CC(=O)Nc2ccc(OC)c(OC)c2)SC1=Nc1ccc(C)cc1C. The monoisotopic (exact) mass is 471 g/mol. The van der Waals surface area contributed by atoms with Gasteiger partial charge in [-0.05, 0) is 37.6 Å². The number of nitrogens with zero attached hydrogens (tertiary/aromatic N) is 2. The van der Waals surface area contributed by atoms with Gasteiger partial charge in [0, 0.05) is 25.3 Å². The Morgan fingerprint density at radius 3 is 2.52 bits per heavy atom. The second-order valence-electron chi connectivity index (χ2n) is 7.60. The lowest BCUT2D eigenvalue weighted by Crippen LogP contribution is -2.35. The van der Waals surface area contributed by atoms with Crippen LogP contribution >= 0.6 is 11.8 Å². The minimum absolute atomic E-state index is 0.0211. The number of nitrogens with one attached hydrogen (secondary N) is 1. The summed E-state index contributed by atoms with van der Waals surface area (Å²) in [5, 5.41) is 2.84. The first-order valence-corrected chi connectivity index (χ1v) is 11.4. The summed E-state index contributed by atoms with van der Waals surface area (Å²) in [4.78, 5) is 32.1. The molecule has 1 N–H and O–H groups in total. The van der Waals surface area contributed by atoms with E-state index in [4.69, 9.17) is 19.2 Å². The van der Waals surface area contributed by atoms with Gasteiger partial charge in [-0.25, -0.2) is 4.99 Å². The average molecular weight is 472 g/mol. The van der Waals surface area contributed by atoms with Gasteiger partial charge in [0.2, 0.25) is 11.8 Å². The van der Waals surface area contributed by atoms with Crippen LogP contribution < -0.4 is 14.8 Å². The highest BCUT2D eigenvalue weighted by atomic mass is 32.2. The molecule has 9 heteroatoms. The Bertz CT molecular complexity index is 1060. The number of ether oxygens (including phenoxy) is 3. The lowest BCUT2D eigenvalue weighted by Gasteiger charge is -2.16. The molecular weight excluding hydrogens is 442 g/mol. The summed E-state index contributed by atoms with van der Waals surface area (Å²) in [5.74, 6) is 0.656. The summed E-state index contributed by atoms with van der Waals surface area (Å²) < 4.78 is 15.7. The number of carbonyl (C=O) groups excluding carboxylic acids is 2. The first-order chi connectivity index (χ1) is 15.9. The third-order valence-electron chi connectivity index (χ3n) is 5.15. The number of methoxy groups -OCH3 is 3. The van der Waals surface area contributed by atoms with E-state index in [9.17, 15) is 9.59 Å². The van der Waals surface area contributed by atoms with E-state index in [1.165, 1.54) is 18.9 Å². The molecule has 0 aromatic heterocycles. The summed E-state index contributed by atoms with van der Waals surface area (Å²) in [6.07, 6.45) is 0.0211. The summed E-state index contributed by atoms with van der Waals surface area (Å²) in [5.41, 5.74) is 3.53. The van der Waals surface area contributed by atoms with E-state index in [1.54, 1.807) is 37.3 Å². The molecule has 0 spiro atoms. The Labute approximate surface area is 198 Å². The lowest BCUT2D eigenvalue weighted by atomic mass is 10.1. The standard InChI is InChI=1S/C24H29N3O5S/c1-15-6-8-18(16(2)12-15)26-24-27(10-11-30-3)23(29)21(33-24)14-22(28)25-17-7-9-19(31-4)20(13-17)32-5/h6-9,12-13,21H,10-11,14H2,1-5H3,(H,25,28). The highest BCUT2D eigenvalue weighted by Crippen LogP contribution is 2.33. The number of hydrogen-bond donors (Lipinski definition) is 1. The molecule has 3 rings (SSSR count). The number of rotatable bonds is 9. The first-order valence-electron chi connectivity index (χ1n) is 10.5. The number of amidine groups is 1. The maximum absolute atomic E-state index is 13.1. The fraction of sp³-hybridized carbons (Fsp3) is 0.375. The zero-order chi connectivity index (χ0) is 24.0. The van der Waals surface area contributed by atoms with Gasteiger partial charge in [0.1, 0.15) is 5.25 Å². The van der Waals surface area contributed by atoms with Crippen molar-refractivity contribution in [3.05, 3.63) is 47.5 Å². The van der Waals surface area contributed by atoms with Crippen LogP contribution in [0.3, 0.4) is 0 Å². The van der Waals surface area contributed by atoms with Crippen molar-refractivity contribution in [3.8, 4) is 11.5 Å². The summed E-state index contributed by atoms with van der Waals surface area (Å²) >= 11 is 1.30. The minimum Gasteiger partial charge on any atom is -0.493 e. The second-order valence-corrected chi connectivity index (χ2v) is 8.77. The van der Waals surface area contributed by atoms with Gasteiger partial charge in [-0.15, -0.1) is 0 Å². The van der Waals surface area contributed by atoms with Crippen molar-refractivity contribution in [2.24, 2.45) is 4.99 Å². The third-order valence-corrected chi connectivity index (χ3v) is 6.32. The third kappa shape index (κ3) is 6.06. The van der Waals surface area contributed by atoms with E-state index in [0.717, 1.165) is 16.8 Å². The van der Waals surface area contributed by atoms with Crippen LogP contribution in [0.15, 0.2) is 41.4 Å². The molecule has 0 bridgehead atoms. The molecule has 1 saturated heterocycles. The lowest BCUT2D eigenvalue weighted by molar-refractivity contribution is -0.128. The number of amides is 2. The van der Waals surface area contributed by atoms with Crippen molar-refractivity contribution in [1.29, 1.82) is 0 Å². The van der Waals surface area contributed by atoms with E-state index >= 15 is 0 Å². The van der Waals surface area contributed by atoms with Crippen LogP contribution in [-0.4, -0.2) is 61.6 Å². The number of anilines is 1. The van der Waals surface area contributed by atoms with E-state index in [2.05, 4.69) is 5.32 Å². The van der Waals surface area contributed by atoms with Crippen molar-refractivity contribution in [3.63, 3.8) is 0 Å². The van der Waals surface area contributed by atoms with E-state index in [1.807, 2.05) is 32.0 Å². The average Bonchev–Trinajstić information content (AvgIpc) is 3.07. The van der Waals surface area contributed by atoms with Gasteiger partial charge in [0.15, 0.2) is 16.7 Å². The molecule has 1 fully saturated rings. The maximum atomic E-state index is 13.1. The maximum Gasteiger partial charge on any atom is 0.242 e. The van der Waals surface area contributed by atoms with Crippen LogP contribution in [-0.2, 0) is 14.3 Å². The van der Waals surface area contributed by atoms with Crippen LogP contribution in [0.25, 0.3) is 0 Å². The predicted octanol–water partition coefficient (Wildman–Crippen LogP) is 3.93. The Kier molecular flexibility index (Phi) is 8.35. The fourth-order valence-corrected chi connectivity index (χ4v) is 4.62. The number of aryl methyl sites for hydroxylation is 2. The van der Waals surface area contributed by atoms with Crippen molar-refractivity contribution in [2.45, 2.75) is 25.5 Å². The molecule has 33 heavy (non-hydrogen) atoms. The molecule has 1 aliphatic heterocycles. The van der Waals surface area contributed by atoms with Gasteiger partial charge in [-0.2, -0.15) is 0 Å². The van der Waals surface area contributed by atoms with Gasteiger partial charge in [0.25, 0.3) is 0 Å². The smallest absolute Gasteiger partial charge is 0.242 e. The highest BCUT2D eigenvalue weighted by Gasteiger charge is 2.39. The van der Waals surface area contributed by atoms with Crippen LogP contribution in [0.4, 0.5) is 11.4 Å². The second kappa shape index (κ2) is 11.2. The zero-order valence-electron chi connectivity index (χ0n) is 19.5. The Morgan fingerprint density at radius 2 is 1.85 bits per heavy atom. The number of benzene rings is 2. The van der Waals surface area contributed by atoms with Crippen LogP contribution in [0.2, 0.25) is 0 Å². The molecule has 2 aromatic carbocycles. The van der Waals surface area contributed by atoms with E-state index < -0.39 is 5.25 Å². The molecule has 2 amide bonds. The van der Waals surface area contributed by atoms with Crippen LogP contribution in [0.1, 0.15) is 17.5 Å². The minimum atomic E-state index is -0.563. The van der Waals surface area contributed by atoms with E-state index in [-0.39, 0.29) is 18.2 Å². The molecule has 1 atom stereocenters. The van der Waals surface area contributed by atoms with Crippen molar-refractivity contribution < 1.29 is 23.8 Å². The van der Waals surface area contributed by atoms with Gasteiger partial charge >= 0.3 is 0 Å². The normalized spacial score (nSPS) is 16.9. The van der Waals surface area contributed by atoms with Gasteiger partial charge in [-0.1, -0.05) is 29.5 Å². The zero-order valence-corrected chi connectivity index (χ0v) is 20.3. The Hall–Kier alpha value is -3.04. The van der Waals surface area contributed by atoms with Crippen LogP contribution in [0.5, 0.6) is 11.5 Å². The Balaban J connectivity index is 1.75. The molecule has 1 heterocycles. The topological polar surface area (TPSA) is 89.5 Å². The van der Waals surface area contributed by atoms with Crippen molar-refractivity contribution in [1.82, 2.24) is 4.90 Å². The summed E-state index contributed by atoms with van der Waals surface area (Å²) in [7, 11) is 4.66. The number of carbonyl (C=O) groups is 2. The predicted molar refractivity (Wildman–Crippen MR) is 131 cm³/mol. The molecule has 1 unspecified atom stereocenters. The molecule has 2 aromatic rings. The molecule has 0 radical (unpaired) electrons. The fourth-order valence-electron chi connectivity index (χ4n) is 3.44. The first kappa shape index (κ1) is 24.6. The largest absolute Gasteiger partial charge is 0.493 e. The molecule has 1 aliphatic rings. The molecule has 0 aliphatic carbocycles. The molecular formula is C24H29N3O5S. The number of hydrogen-bond acceptors (Lipinski definition) is 7. The summed E-state index contributed by atoms with van der Waals surface area (Å²) in [6, 6.07) is 11.1. The molecule has 176 valence electrons. The van der Waals surface area contributed by atoms with Crippen molar-refractivity contribution in [2.75, 3.05) is 39.8 Å². The molecule has 0 saturated carbocycles. The van der Waals surface area contributed by atoms with Gasteiger partial charge in [-0.3, -0.25) is 14.5 Å². The number of aliphatic imine (C=N–C) groups is 1. The number of thioether (sulfide) groups is 1. The molecule has 8 nitrogen and oxygen atoms in total. The summed E-state index contributed by atoms with van der Waals surface area (Å²) in [6.45, 7) is 4.76.